The summed E-state index contributed by atoms with van der Waals surface area (Å²) in [7, 11) is -0.465. The molecule has 2 aromatic rings. The highest BCUT2D eigenvalue weighted by atomic mass is 32.2. The van der Waals surface area contributed by atoms with Crippen LogP contribution in [0.1, 0.15) is 12.5 Å². The molecule has 0 fully saturated rings. The summed E-state index contributed by atoms with van der Waals surface area (Å²) in [6.07, 6.45) is 3.49. The van der Waals surface area contributed by atoms with Crippen LogP contribution < -0.4 is 5.32 Å². The van der Waals surface area contributed by atoms with E-state index in [0.717, 1.165) is 12.1 Å². The molecule has 8 heteroatoms. The Morgan fingerprint density at radius 1 is 1.20 bits per heavy atom. The first-order valence-electron chi connectivity index (χ1n) is 7.82. The topological polar surface area (TPSA) is 65.5 Å². The SMILES string of the molecule is CCN(Cc1ccncc1)C(=S)Nc1cccc(S(=O)(=O)N(C)C)c1. The maximum absolute atomic E-state index is 12.3. The molecular formula is C17H22N4O2S2. The quantitative estimate of drug-likeness (QED) is 0.780. The molecule has 2 rings (SSSR count). The van der Waals surface area contributed by atoms with E-state index in [1.54, 1.807) is 36.7 Å². The molecule has 0 radical (unpaired) electrons. The van der Waals surface area contributed by atoms with Crippen LogP contribution in [-0.2, 0) is 16.6 Å². The minimum Gasteiger partial charge on any atom is -0.345 e. The number of aromatic nitrogens is 1. The smallest absolute Gasteiger partial charge is 0.242 e. The number of benzene rings is 1. The maximum atomic E-state index is 12.3. The Morgan fingerprint density at radius 2 is 1.88 bits per heavy atom. The van der Waals surface area contributed by atoms with E-state index >= 15 is 0 Å². The second-order valence-electron chi connectivity index (χ2n) is 5.62. The number of nitrogens with zero attached hydrogens (tertiary/aromatic N) is 3. The molecule has 0 saturated carbocycles. The van der Waals surface area contributed by atoms with E-state index in [1.165, 1.54) is 18.4 Å². The van der Waals surface area contributed by atoms with Gasteiger partial charge in [0.2, 0.25) is 10.0 Å². The van der Waals surface area contributed by atoms with Crippen molar-refractivity contribution >= 4 is 33.0 Å². The number of hydrogen-bond acceptors (Lipinski definition) is 4. The van der Waals surface area contributed by atoms with Gasteiger partial charge >= 0.3 is 0 Å². The van der Waals surface area contributed by atoms with Crippen molar-refractivity contribution in [3.8, 4) is 0 Å². The first kappa shape index (κ1) is 19.3. The van der Waals surface area contributed by atoms with Crippen LogP contribution in [0.25, 0.3) is 0 Å². The van der Waals surface area contributed by atoms with Crippen molar-refractivity contribution in [1.29, 1.82) is 0 Å². The Labute approximate surface area is 154 Å². The van der Waals surface area contributed by atoms with E-state index < -0.39 is 10.0 Å². The fourth-order valence-electron chi connectivity index (χ4n) is 2.18. The van der Waals surface area contributed by atoms with Gasteiger partial charge in [0.25, 0.3) is 0 Å². The first-order chi connectivity index (χ1) is 11.8. The molecule has 1 aromatic carbocycles. The number of anilines is 1. The molecule has 25 heavy (non-hydrogen) atoms. The van der Waals surface area contributed by atoms with Gasteiger partial charge in [-0.05, 0) is 55.0 Å². The minimum absolute atomic E-state index is 0.225. The third-order valence-corrected chi connectivity index (χ3v) is 5.83. The van der Waals surface area contributed by atoms with Gasteiger partial charge in [-0.25, -0.2) is 12.7 Å². The number of sulfonamides is 1. The number of hydrogen-bond donors (Lipinski definition) is 1. The summed E-state index contributed by atoms with van der Waals surface area (Å²) in [6.45, 7) is 3.40. The summed E-state index contributed by atoms with van der Waals surface area (Å²) in [4.78, 5) is 6.23. The van der Waals surface area contributed by atoms with Gasteiger partial charge in [0.05, 0.1) is 4.90 Å². The number of rotatable bonds is 6. The Bertz CT molecular complexity index is 824. The molecule has 0 bridgehead atoms. The molecule has 0 spiro atoms. The second kappa shape index (κ2) is 8.37. The molecule has 0 saturated heterocycles. The minimum atomic E-state index is -3.48. The van der Waals surface area contributed by atoms with E-state index in [2.05, 4.69) is 10.3 Å². The summed E-state index contributed by atoms with van der Waals surface area (Å²) in [5, 5.41) is 3.66. The number of pyridine rings is 1. The van der Waals surface area contributed by atoms with Gasteiger partial charge in [-0.2, -0.15) is 0 Å². The summed E-state index contributed by atoms with van der Waals surface area (Å²) in [5.41, 5.74) is 1.74. The lowest BCUT2D eigenvalue weighted by atomic mass is 10.2. The van der Waals surface area contributed by atoms with Gasteiger partial charge in [-0.1, -0.05) is 6.07 Å². The fraction of sp³-hybridized carbons (Fsp3) is 0.294. The summed E-state index contributed by atoms with van der Waals surface area (Å²) in [6, 6.07) is 10.5. The Hall–Kier alpha value is -2.03. The van der Waals surface area contributed by atoms with Crippen molar-refractivity contribution in [1.82, 2.24) is 14.2 Å². The molecule has 1 heterocycles. The van der Waals surface area contributed by atoms with Gasteiger partial charge in [-0.3, -0.25) is 4.98 Å². The third kappa shape index (κ3) is 4.97. The molecule has 1 N–H and O–H groups in total. The van der Waals surface area contributed by atoms with E-state index in [-0.39, 0.29) is 4.90 Å². The summed E-state index contributed by atoms with van der Waals surface area (Å²) < 4.78 is 25.7. The van der Waals surface area contributed by atoms with Crippen molar-refractivity contribution in [3.63, 3.8) is 0 Å². The largest absolute Gasteiger partial charge is 0.345 e. The predicted octanol–water partition coefficient (Wildman–Crippen LogP) is 2.55. The van der Waals surface area contributed by atoms with Gasteiger partial charge in [-0.15, -0.1) is 0 Å². The lowest BCUT2D eigenvalue weighted by molar-refractivity contribution is 0.442. The monoisotopic (exact) mass is 378 g/mol. The van der Waals surface area contributed by atoms with Crippen LogP contribution in [0.15, 0.2) is 53.7 Å². The van der Waals surface area contributed by atoms with E-state index in [0.29, 0.717) is 17.3 Å². The number of thiocarbonyl (C=S) groups is 1. The zero-order valence-electron chi connectivity index (χ0n) is 14.5. The van der Waals surface area contributed by atoms with E-state index in [4.69, 9.17) is 12.2 Å². The zero-order chi connectivity index (χ0) is 18.4. The number of nitrogens with one attached hydrogen (secondary N) is 1. The summed E-state index contributed by atoms with van der Waals surface area (Å²) >= 11 is 5.48. The molecule has 134 valence electrons. The van der Waals surface area contributed by atoms with Gasteiger partial charge in [0.15, 0.2) is 5.11 Å². The maximum Gasteiger partial charge on any atom is 0.242 e. The van der Waals surface area contributed by atoms with Crippen LogP contribution in [-0.4, -0.2) is 48.4 Å². The molecule has 0 aliphatic rings. The van der Waals surface area contributed by atoms with Gasteiger partial charge in [0.1, 0.15) is 0 Å². The molecule has 0 amide bonds. The molecule has 1 aromatic heterocycles. The fourth-order valence-corrected chi connectivity index (χ4v) is 3.44. The van der Waals surface area contributed by atoms with Crippen LogP contribution in [0, 0.1) is 0 Å². The lowest BCUT2D eigenvalue weighted by Crippen LogP contribution is -2.34. The average Bonchev–Trinajstić information content (AvgIpc) is 2.60. The Balaban J connectivity index is 2.14. The van der Waals surface area contributed by atoms with Crippen LogP contribution in [0.3, 0.4) is 0 Å². The molecule has 0 unspecified atom stereocenters. The molecule has 0 atom stereocenters. The van der Waals surface area contributed by atoms with Crippen molar-refractivity contribution in [2.24, 2.45) is 0 Å². The Morgan fingerprint density at radius 3 is 2.48 bits per heavy atom. The molecular weight excluding hydrogens is 356 g/mol. The van der Waals surface area contributed by atoms with Crippen LogP contribution in [0.2, 0.25) is 0 Å². The highest BCUT2D eigenvalue weighted by Crippen LogP contribution is 2.18. The van der Waals surface area contributed by atoms with Gasteiger partial charge in [0, 0.05) is 45.3 Å². The molecule has 0 aliphatic carbocycles. The Kier molecular flexibility index (Phi) is 6.46. The van der Waals surface area contributed by atoms with Crippen molar-refractivity contribution < 1.29 is 8.42 Å². The molecule has 6 nitrogen and oxygen atoms in total. The standard InChI is InChI=1S/C17H22N4O2S2/c1-4-21(13-14-8-10-18-11-9-14)17(24)19-15-6-5-7-16(12-15)25(22,23)20(2)3/h5-12H,4,13H2,1-3H3,(H,19,24). The average molecular weight is 379 g/mol. The first-order valence-corrected chi connectivity index (χ1v) is 9.67. The van der Waals surface area contributed by atoms with Crippen molar-refractivity contribution in [2.75, 3.05) is 26.0 Å². The third-order valence-electron chi connectivity index (χ3n) is 3.66. The summed E-state index contributed by atoms with van der Waals surface area (Å²) in [5.74, 6) is 0. The van der Waals surface area contributed by atoms with Crippen molar-refractivity contribution in [3.05, 3.63) is 54.4 Å². The lowest BCUT2D eigenvalue weighted by Gasteiger charge is -2.24. The van der Waals surface area contributed by atoms with Gasteiger partial charge < -0.3 is 10.2 Å². The van der Waals surface area contributed by atoms with E-state index in [9.17, 15) is 8.42 Å². The normalized spacial score (nSPS) is 11.4. The second-order valence-corrected chi connectivity index (χ2v) is 8.15. The van der Waals surface area contributed by atoms with Crippen LogP contribution in [0.5, 0.6) is 0 Å². The highest BCUT2D eigenvalue weighted by molar-refractivity contribution is 7.89. The predicted molar refractivity (Wildman–Crippen MR) is 104 cm³/mol. The highest BCUT2D eigenvalue weighted by Gasteiger charge is 2.17. The zero-order valence-corrected chi connectivity index (χ0v) is 16.1. The van der Waals surface area contributed by atoms with E-state index in [1.807, 2.05) is 24.0 Å². The molecule has 0 aliphatic heterocycles. The van der Waals surface area contributed by atoms with Crippen LogP contribution in [0.4, 0.5) is 5.69 Å². The van der Waals surface area contributed by atoms with Crippen LogP contribution >= 0.6 is 12.2 Å². The van der Waals surface area contributed by atoms with Crippen molar-refractivity contribution in [2.45, 2.75) is 18.4 Å².